The fourth-order valence-corrected chi connectivity index (χ4v) is 5.20. The van der Waals surface area contributed by atoms with Gasteiger partial charge < -0.3 is 4.74 Å². The molecule has 2 aromatic rings. The maximum absolute atomic E-state index is 15.0. The molecule has 0 atom stereocenters. The van der Waals surface area contributed by atoms with E-state index in [1.165, 1.54) is 18.2 Å². The van der Waals surface area contributed by atoms with Gasteiger partial charge in [-0.15, -0.1) is 0 Å². The Morgan fingerprint density at radius 3 is 2.06 bits per heavy atom. The van der Waals surface area contributed by atoms with Crippen molar-refractivity contribution < 1.29 is 27.5 Å². The Bertz CT molecular complexity index is 1070. The second-order valence-corrected chi connectivity index (χ2v) is 9.47. The fourth-order valence-electron chi connectivity index (χ4n) is 3.07. The summed E-state index contributed by atoms with van der Waals surface area (Å²) in [4.78, 5) is 12.6. The zero-order valence-corrected chi connectivity index (χ0v) is 20.2. The third-order valence-electron chi connectivity index (χ3n) is 4.28. The van der Waals surface area contributed by atoms with Crippen molar-refractivity contribution in [2.45, 2.75) is 46.4 Å². The molecule has 176 valence electrons. The first-order valence-corrected chi connectivity index (χ1v) is 11.9. The quantitative estimate of drug-likeness (QED) is 0.189. The largest absolute Gasteiger partial charge is 0.465 e. The highest BCUT2D eigenvalue weighted by molar-refractivity contribution is 7.51. The van der Waals surface area contributed by atoms with E-state index in [-0.39, 0.29) is 17.8 Å². The van der Waals surface area contributed by atoms with Crippen LogP contribution >= 0.6 is 7.75 Å². The SMILES string of the molecule is COC(=O)C(C#N)=C(c1ccccc1F)N(Cc1ccccc1)P(=O)(OC(C)C)OC(C)C. The molecule has 33 heavy (non-hydrogen) atoms. The first kappa shape index (κ1) is 26.3. The van der Waals surface area contributed by atoms with Crippen molar-refractivity contribution in [2.75, 3.05) is 7.11 Å². The van der Waals surface area contributed by atoms with Gasteiger partial charge in [0.2, 0.25) is 0 Å². The standard InChI is InChI=1S/C24H28FN2O5P/c1-17(2)31-33(29,32-18(3)4)27(16-19-11-7-6-8-12-19)23(21(15-26)24(28)30-5)20-13-9-10-14-22(20)25/h6-14,17-18H,16H2,1-5H3. The van der Waals surface area contributed by atoms with Crippen molar-refractivity contribution in [3.63, 3.8) is 0 Å². The summed E-state index contributed by atoms with van der Waals surface area (Å²) in [5.41, 5.74) is -0.210. The van der Waals surface area contributed by atoms with Crippen LogP contribution in [0.15, 0.2) is 60.2 Å². The molecule has 9 heteroatoms. The van der Waals surface area contributed by atoms with Crippen molar-refractivity contribution in [3.8, 4) is 6.07 Å². The smallest absolute Gasteiger partial charge is 0.436 e. The van der Waals surface area contributed by atoms with Gasteiger partial charge in [-0.3, -0.25) is 13.7 Å². The van der Waals surface area contributed by atoms with E-state index >= 15 is 4.39 Å². The van der Waals surface area contributed by atoms with E-state index in [0.29, 0.717) is 5.56 Å². The lowest BCUT2D eigenvalue weighted by Gasteiger charge is -2.36. The Balaban J connectivity index is 2.92. The molecule has 0 aliphatic rings. The number of halogens is 1. The predicted molar refractivity (Wildman–Crippen MR) is 123 cm³/mol. The number of esters is 1. The highest BCUT2D eigenvalue weighted by Gasteiger charge is 2.41. The normalized spacial score (nSPS) is 12.3. The van der Waals surface area contributed by atoms with Crippen LogP contribution < -0.4 is 0 Å². The van der Waals surface area contributed by atoms with E-state index in [0.717, 1.165) is 11.8 Å². The highest BCUT2D eigenvalue weighted by Crippen LogP contribution is 2.58. The predicted octanol–water partition coefficient (Wildman–Crippen LogP) is 5.69. The van der Waals surface area contributed by atoms with E-state index in [9.17, 15) is 14.6 Å². The van der Waals surface area contributed by atoms with Gasteiger partial charge in [0.15, 0.2) is 5.57 Å². The number of nitrogens with zero attached hydrogens (tertiary/aromatic N) is 2. The van der Waals surface area contributed by atoms with Crippen LogP contribution in [0.4, 0.5) is 4.39 Å². The summed E-state index contributed by atoms with van der Waals surface area (Å²) < 4.78 is 46.8. The van der Waals surface area contributed by atoms with Gasteiger partial charge in [-0.2, -0.15) is 5.26 Å². The monoisotopic (exact) mass is 474 g/mol. The maximum Gasteiger partial charge on any atom is 0.436 e. The van der Waals surface area contributed by atoms with Crippen LogP contribution in [0.2, 0.25) is 0 Å². The number of ether oxygens (including phenoxy) is 1. The van der Waals surface area contributed by atoms with Gasteiger partial charge in [0, 0.05) is 5.56 Å². The zero-order valence-electron chi connectivity index (χ0n) is 19.3. The molecular weight excluding hydrogens is 446 g/mol. The molecule has 0 aliphatic heterocycles. The van der Waals surface area contributed by atoms with Crippen molar-refractivity contribution in [2.24, 2.45) is 0 Å². The molecule has 0 fully saturated rings. The molecule has 0 bridgehead atoms. The number of hydrogen-bond acceptors (Lipinski definition) is 6. The molecular formula is C24H28FN2O5P. The average molecular weight is 474 g/mol. The van der Waals surface area contributed by atoms with E-state index in [2.05, 4.69) is 0 Å². The Labute approximate surface area is 194 Å². The van der Waals surface area contributed by atoms with Crippen LogP contribution in [0.1, 0.15) is 38.8 Å². The van der Waals surface area contributed by atoms with Gasteiger partial charge in [0.1, 0.15) is 11.9 Å². The van der Waals surface area contributed by atoms with E-state index < -0.39 is 37.3 Å². The molecule has 0 saturated heterocycles. The van der Waals surface area contributed by atoms with E-state index in [1.54, 1.807) is 64.1 Å². The maximum atomic E-state index is 15.0. The van der Waals surface area contributed by atoms with Crippen molar-refractivity contribution >= 4 is 19.4 Å². The van der Waals surface area contributed by atoms with Gasteiger partial charge in [0.05, 0.1) is 31.6 Å². The van der Waals surface area contributed by atoms with Gasteiger partial charge in [-0.05, 0) is 45.4 Å². The summed E-state index contributed by atoms with van der Waals surface area (Å²) in [7, 11) is -3.11. The molecule has 0 unspecified atom stereocenters. The molecule has 0 amide bonds. The minimum Gasteiger partial charge on any atom is -0.465 e. The first-order chi connectivity index (χ1) is 15.6. The van der Waals surface area contributed by atoms with Crippen LogP contribution in [-0.4, -0.2) is 30.0 Å². The Hall–Kier alpha value is -2.98. The van der Waals surface area contributed by atoms with Gasteiger partial charge in [0.25, 0.3) is 0 Å². The number of hydrogen-bond donors (Lipinski definition) is 0. The van der Waals surface area contributed by atoms with Crippen LogP contribution in [-0.2, 0) is 29.7 Å². The fraction of sp³-hybridized carbons (Fsp3) is 0.333. The topological polar surface area (TPSA) is 88.9 Å². The van der Waals surface area contributed by atoms with Crippen LogP contribution in [0, 0.1) is 17.1 Å². The number of rotatable bonds is 10. The van der Waals surface area contributed by atoms with Crippen molar-refractivity contribution in [1.82, 2.24) is 4.67 Å². The third-order valence-corrected chi connectivity index (χ3v) is 6.59. The van der Waals surface area contributed by atoms with Crippen molar-refractivity contribution in [1.29, 1.82) is 5.26 Å². The molecule has 0 aliphatic carbocycles. The lowest BCUT2D eigenvalue weighted by Crippen LogP contribution is -2.27. The summed E-state index contributed by atoms with van der Waals surface area (Å²) in [6.45, 7) is 6.61. The molecule has 2 aromatic carbocycles. The Morgan fingerprint density at radius 1 is 1.03 bits per heavy atom. The van der Waals surface area contributed by atoms with E-state index in [4.69, 9.17) is 13.8 Å². The summed E-state index contributed by atoms with van der Waals surface area (Å²) in [6, 6.07) is 16.3. The Kier molecular flexibility index (Phi) is 9.36. The minimum atomic E-state index is -4.22. The lowest BCUT2D eigenvalue weighted by atomic mass is 10.1. The number of benzene rings is 2. The van der Waals surface area contributed by atoms with Gasteiger partial charge in [-0.1, -0.05) is 42.5 Å². The number of nitriles is 1. The van der Waals surface area contributed by atoms with Crippen molar-refractivity contribution in [3.05, 3.63) is 77.1 Å². The number of methoxy groups -OCH3 is 1. The molecule has 0 heterocycles. The first-order valence-electron chi connectivity index (χ1n) is 10.4. The summed E-state index contributed by atoms with van der Waals surface area (Å²) in [5, 5.41) is 9.87. The lowest BCUT2D eigenvalue weighted by molar-refractivity contribution is -0.135. The summed E-state index contributed by atoms with van der Waals surface area (Å²) >= 11 is 0. The Morgan fingerprint density at radius 2 is 1.58 bits per heavy atom. The minimum absolute atomic E-state index is 0.0938. The molecule has 0 spiro atoms. The van der Waals surface area contributed by atoms with Crippen LogP contribution in [0.25, 0.3) is 5.70 Å². The highest BCUT2D eigenvalue weighted by atomic mass is 31.2. The summed E-state index contributed by atoms with van der Waals surface area (Å²) in [5.74, 6) is -1.72. The zero-order chi connectivity index (χ0) is 24.6. The summed E-state index contributed by atoms with van der Waals surface area (Å²) in [6.07, 6.45) is -1.09. The van der Waals surface area contributed by atoms with Crippen LogP contribution in [0.5, 0.6) is 0 Å². The van der Waals surface area contributed by atoms with Crippen LogP contribution in [0.3, 0.4) is 0 Å². The van der Waals surface area contributed by atoms with Gasteiger partial charge >= 0.3 is 13.7 Å². The molecule has 0 N–H and O–H groups in total. The molecule has 0 saturated carbocycles. The average Bonchev–Trinajstić information content (AvgIpc) is 2.76. The molecule has 0 radical (unpaired) electrons. The second kappa shape index (κ2) is 11.8. The van der Waals surface area contributed by atoms with E-state index in [1.807, 2.05) is 6.07 Å². The third kappa shape index (κ3) is 6.75. The second-order valence-electron chi connectivity index (χ2n) is 7.63. The van der Waals surface area contributed by atoms with Gasteiger partial charge in [-0.25, -0.2) is 13.8 Å². The molecule has 0 aromatic heterocycles. The molecule has 7 nitrogen and oxygen atoms in total. The molecule has 2 rings (SSSR count). The number of carbonyl (C=O) groups is 1. The number of carbonyl (C=O) groups excluding carboxylic acids is 1.